The molecule has 0 radical (unpaired) electrons. The molecule has 164 valence electrons. The average molecular weight is 433 g/mol. The van der Waals surface area contributed by atoms with E-state index in [9.17, 15) is 14.0 Å². The van der Waals surface area contributed by atoms with E-state index in [4.69, 9.17) is 4.42 Å². The van der Waals surface area contributed by atoms with Crippen molar-refractivity contribution >= 4 is 17.5 Å². The number of carbonyl (C=O) groups is 2. The number of anilines is 1. The number of fused-ring (bicyclic) bond motifs is 1. The lowest BCUT2D eigenvalue weighted by Crippen LogP contribution is -2.40. The van der Waals surface area contributed by atoms with E-state index in [-0.39, 0.29) is 24.8 Å². The number of amides is 2. The fraction of sp³-hybridized carbons (Fsp3) is 0.320. The molecule has 6 nitrogen and oxygen atoms in total. The van der Waals surface area contributed by atoms with Crippen molar-refractivity contribution in [2.24, 2.45) is 5.92 Å². The van der Waals surface area contributed by atoms with Crippen LogP contribution in [-0.2, 0) is 35.4 Å². The molecule has 2 aliphatic rings. The molecule has 0 N–H and O–H groups in total. The number of aromatic nitrogens is 1. The highest BCUT2D eigenvalue weighted by molar-refractivity contribution is 6.00. The van der Waals surface area contributed by atoms with Gasteiger partial charge in [0.1, 0.15) is 17.3 Å². The molecule has 1 fully saturated rings. The van der Waals surface area contributed by atoms with E-state index < -0.39 is 11.7 Å². The number of halogens is 1. The summed E-state index contributed by atoms with van der Waals surface area (Å²) in [5.74, 6) is 0.495. The summed E-state index contributed by atoms with van der Waals surface area (Å²) in [7, 11) is 0. The molecule has 1 saturated heterocycles. The first-order valence-corrected chi connectivity index (χ1v) is 10.9. The second kappa shape index (κ2) is 8.57. The average Bonchev–Trinajstić information content (AvgIpc) is 3.40. The second-order valence-corrected chi connectivity index (χ2v) is 8.36. The number of hydrogen-bond donors (Lipinski definition) is 0. The predicted octanol–water partition coefficient (Wildman–Crippen LogP) is 3.54. The number of nitrogens with zero attached hydrogens (tertiary/aromatic N) is 3. The number of carbonyl (C=O) groups excluding carboxylic acids is 2. The fourth-order valence-electron chi connectivity index (χ4n) is 4.47. The summed E-state index contributed by atoms with van der Waals surface area (Å²) < 4.78 is 19.5. The van der Waals surface area contributed by atoms with Gasteiger partial charge in [0.2, 0.25) is 11.8 Å². The van der Waals surface area contributed by atoms with Crippen molar-refractivity contribution in [3.63, 3.8) is 0 Å². The van der Waals surface area contributed by atoms with Gasteiger partial charge in [-0.25, -0.2) is 9.37 Å². The molecule has 2 aliphatic heterocycles. The number of rotatable bonds is 5. The lowest BCUT2D eigenvalue weighted by molar-refractivity contribution is -0.136. The van der Waals surface area contributed by atoms with Crippen molar-refractivity contribution in [2.45, 2.75) is 32.2 Å². The molecule has 0 aliphatic carbocycles. The maximum absolute atomic E-state index is 13.6. The highest BCUT2D eigenvalue weighted by Crippen LogP contribution is 2.29. The quantitative estimate of drug-likeness (QED) is 0.617. The number of aryl methyl sites for hydroxylation is 2. The van der Waals surface area contributed by atoms with E-state index in [1.165, 1.54) is 22.6 Å². The lowest BCUT2D eigenvalue weighted by atomic mass is 10.0. The summed E-state index contributed by atoms with van der Waals surface area (Å²) in [6.07, 6.45) is 2.32. The topological polar surface area (TPSA) is 66.7 Å². The van der Waals surface area contributed by atoms with Gasteiger partial charge in [0.15, 0.2) is 5.89 Å². The Morgan fingerprint density at radius 3 is 2.78 bits per heavy atom. The molecule has 2 amide bonds. The lowest BCUT2D eigenvalue weighted by Gasteiger charge is -2.27. The van der Waals surface area contributed by atoms with Crippen LogP contribution in [-0.4, -0.2) is 34.8 Å². The van der Waals surface area contributed by atoms with Gasteiger partial charge in [0.25, 0.3) is 0 Å². The molecular formula is C25H24FN3O3. The SMILES string of the molecule is O=C(C1CC(=O)N(c2cccc(F)c2)C1)N1CCc2oc(CCc3ccccc3)nc2C1. The molecule has 3 aromatic rings. The van der Waals surface area contributed by atoms with Gasteiger partial charge in [-0.3, -0.25) is 9.59 Å². The Morgan fingerprint density at radius 1 is 1.12 bits per heavy atom. The minimum absolute atomic E-state index is 0.0586. The van der Waals surface area contributed by atoms with Gasteiger partial charge in [0.05, 0.1) is 12.5 Å². The standard InChI is InChI=1S/C25H24FN3O3/c26-19-7-4-8-20(14-19)29-15-18(13-24(29)30)25(31)28-12-11-22-21(16-28)27-23(32-22)10-9-17-5-2-1-3-6-17/h1-8,14,18H,9-13,15-16H2. The largest absolute Gasteiger partial charge is 0.445 e. The third-order valence-electron chi connectivity index (χ3n) is 6.15. The van der Waals surface area contributed by atoms with E-state index in [1.807, 2.05) is 18.2 Å². The molecule has 3 heterocycles. The van der Waals surface area contributed by atoms with Gasteiger partial charge in [-0.05, 0) is 30.2 Å². The molecule has 0 saturated carbocycles. The smallest absolute Gasteiger partial charge is 0.228 e. The summed E-state index contributed by atoms with van der Waals surface area (Å²) in [6, 6.07) is 16.1. The highest BCUT2D eigenvalue weighted by atomic mass is 19.1. The zero-order chi connectivity index (χ0) is 22.1. The van der Waals surface area contributed by atoms with E-state index in [0.717, 1.165) is 17.9 Å². The van der Waals surface area contributed by atoms with E-state index in [0.29, 0.717) is 37.5 Å². The Bertz CT molecular complexity index is 1140. The number of benzene rings is 2. The van der Waals surface area contributed by atoms with Gasteiger partial charge >= 0.3 is 0 Å². The molecule has 2 aromatic carbocycles. The summed E-state index contributed by atoms with van der Waals surface area (Å²) >= 11 is 0. The Labute approximate surface area is 185 Å². The summed E-state index contributed by atoms with van der Waals surface area (Å²) in [6.45, 7) is 1.21. The van der Waals surface area contributed by atoms with Crippen molar-refractivity contribution in [3.05, 3.63) is 83.3 Å². The van der Waals surface area contributed by atoms with Crippen LogP contribution >= 0.6 is 0 Å². The Hall–Kier alpha value is -3.48. The first kappa shape index (κ1) is 20.4. The Balaban J connectivity index is 1.22. The highest BCUT2D eigenvalue weighted by Gasteiger charge is 2.38. The maximum atomic E-state index is 13.6. The first-order chi connectivity index (χ1) is 15.6. The monoisotopic (exact) mass is 433 g/mol. The molecule has 1 atom stereocenters. The third kappa shape index (κ3) is 4.15. The third-order valence-corrected chi connectivity index (χ3v) is 6.15. The number of hydrogen-bond acceptors (Lipinski definition) is 4. The van der Waals surface area contributed by atoms with Crippen molar-refractivity contribution < 1.29 is 18.4 Å². The van der Waals surface area contributed by atoms with Gasteiger partial charge in [0, 0.05) is 38.0 Å². The minimum Gasteiger partial charge on any atom is -0.445 e. The molecule has 7 heteroatoms. The maximum Gasteiger partial charge on any atom is 0.228 e. The predicted molar refractivity (Wildman–Crippen MR) is 116 cm³/mol. The van der Waals surface area contributed by atoms with Gasteiger partial charge in [-0.2, -0.15) is 0 Å². The number of oxazole rings is 1. The van der Waals surface area contributed by atoms with Crippen LogP contribution in [0.15, 0.2) is 59.0 Å². The van der Waals surface area contributed by atoms with Crippen LogP contribution in [0.25, 0.3) is 0 Å². The van der Waals surface area contributed by atoms with Crippen molar-refractivity contribution in [2.75, 3.05) is 18.0 Å². The van der Waals surface area contributed by atoms with Crippen LogP contribution in [0.3, 0.4) is 0 Å². The molecule has 1 aromatic heterocycles. The van der Waals surface area contributed by atoms with E-state index in [1.54, 1.807) is 17.0 Å². The van der Waals surface area contributed by atoms with Gasteiger partial charge in [-0.1, -0.05) is 36.4 Å². The Kier molecular flexibility index (Phi) is 5.47. The fourth-order valence-corrected chi connectivity index (χ4v) is 4.47. The van der Waals surface area contributed by atoms with Crippen LogP contribution in [0.4, 0.5) is 10.1 Å². The van der Waals surface area contributed by atoms with E-state index >= 15 is 0 Å². The minimum atomic E-state index is -0.434. The first-order valence-electron chi connectivity index (χ1n) is 10.9. The summed E-state index contributed by atoms with van der Waals surface area (Å²) in [5, 5.41) is 0. The molecular weight excluding hydrogens is 409 g/mol. The molecule has 1 unspecified atom stereocenters. The van der Waals surface area contributed by atoms with Gasteiger partial charge in [-0.15, -0.1) is 0 Å². The van der Waals surface area contributed by atoms with Crippen LogP contribution in [0.2, 0.25) is 0 Å². The normalized spacial score (nSPS) is 18.2. The summed E-state index contributed by atoms with van der Waals surface area (Å²) in [5.41, 5.74) is 2.53. The van der Waals surface area contributed by atoms with Crippen molar-refractivity contribution in [1.82, 2.24) is 9.88 Å². The Morgan fingerprint density at radius 2 is 1.97 bits per heavy atom. The van der Waals surface area contributed by atoms with Crippen LogP contribution in [0, 0.1) is 11.7 Å². The van der Waals surface area contributed by atoms with Crippen molar-refractivity contribution in [1.29, 1.82) is 0 Å². The molecule has 0 spiro atoms. The van der Waals surface area contributed by atoms with Gasteiger partial charge < -0.3 is 14.2 Å². The summed E-state index contributed by atoms with van der Waals surface area (Å²) in [4.78, 5) is 33.5. The van der Waals surface area contributed by atoms with E-state index in [2.05, 4.69) is 17.1 Å². The second-order valence-electron chi connectivity index (χ2n) is 8.36. The van der Waals surface area contributed by atoms with Crippen LogP contribution in [0.5, 0.6) is 0 Å². The van der Waals surface area contributed by atoms with Crippen LogP contribution in [0.1, 0.15) is 29.3 Å². The molecule has 32 heavy (non-hydrogen) atoms. The van der Waals surface area contributed by atoms with Crippen LogP contribution < -0.4 is 4.90 Å². The molecule has 5 rings (SSSR count). The zero-order valence-electron chi connectivity index (χ0n) is 17.7. The molecule has 0 bridgehead atoms. The van der Waals surface area contributed by atoms with Crippen molar-refractivity contribution in [3.8, 4) is 0 Å². The zero-order valence-corrected chi connectivity index (χ0v) is 17.7.